The molecule has 0 atom stereocenters. The Kier molecular flexibility index (Phi) is 7.44. The molecule has 3 amide bonds. The van der Waals surface area contributed by atoms with E-state index in [9.17, 15) is 9.59 Å². The molecule has 2 aromatic rings. The Morgan fingerprint density at radius 3 is 2.57 bits per heavy atom. The SMILES string of the molecule is O=C(NCCCSc1ccccc1)NNC(=O)c1ccc(Br)s1. The maximum atomic E-state index is 11.7. The predicted molar refractivity (Wildman–Crippen MR) is 97.8 cm³/mol. The molecule has 5 nitrogen and oxygen atoms in total. The van der Waals surface area contributed by atoms with Crippen molar-refractivity contribution in [1.82, 2.24) is 16.2 Å². The second-order valence-electron chi connectivity index (χ2n) is 4.45. The van der Waals surface area contributed by atoms with Gasteiger partial charge in [-0.25, -0.2) is 10.2 Å². The second-order valence-corrected chi connectivity index (χ2v) is 8.09. The van der Waals surface area contributed by atoms with Gasteiger partial charge in [0, 0.05) is 11.4 Å². The fraction of sp³-hybridized carbons (Fsp3) is 0.200. The average Bonchev–Trinajstić information content (AvgIpc) is 3.00. The van der Waals surface area contributed by atoms with Gasteiger partial charge in [-0.05, 0) is 52.4 Å². The lowest BCUT2D eigenvalue weighted by atomic mass is 10.4. The van der Waals surface area contributed by atoms with Crippen LogP contribution in [0.25, 0.3) is 0 Å². The van der Waals surface area contributed by atoms with E-state index in [1.54, 1.807) is 23.9 Å². The first-order chi connectivity index (χ1) is 11.1. The maximum Gasteiger partial charge on any atom is 0.333 e. The first-order valence-corrected chi connectivity index (χ1v) is 9.52. The highest BCUT2D eigenvalue weighted by molar-refractivity contribution is 9.11. The zero-order valence-corrected chi connectivity index (χ0v) is 15.4. The van der Waals surface area contributed by atoms with Crippen LogP contribution in [0.3, 0.4) is 0 Å². The Morgan fingerprint density at radius 1 is 1.09 bits per heavy atom. The van der Waals surface area contributed by atoms with Gasteiger partial charge in [0.25, 0.3) is 5.91 Å². The molecule has 0 unspecified atom stereocenters. The third-order valence-electron chi connectivity index (χ3n) is 2.71. The van der Waals surface area contributed by atoms with Gasteiger partial charge in [0.2, 0.25) is 0 Å². The number of hydrazine groups is 1. The van der Waals surface area contributed by atoms with Gasteiger partial charge in [-0.2, -0.15) is 0 Å². The Labute approximate surface area is 151 Å². The summed E-state index contributed by atoms with van der Waals surface area (Å²) in [5.74, 6) is 0.579. The minimum atomic E-state index is -0.418. The van der Waals surface area contributed by atoms with E-state index in [2.05, 4.69) is 44.2 Å². The van der Waals surface area contributed by atoms with Gasteiger partial charge in [0.05, 0.1) is 8.66 Å². The van der Waals surface area contributed by atoms with Crippen LogP contribution in [0.15, 0.2) is 51.1 Å². The van der Waals surface area contributed by atoms with Crippen molar-refractivity contribution < 1.29 is 9.59 Å². The van der Waals surface area contributed by atoms with Crippen LogP contribution in [0.2, 0.25) is 0 Å². The highest BCUT2D eigenvalue weighted by atomic mass is 79.9. The number of nitrogens with one attached hydrogen (secondary N) is 3. The molecule has 0 saturated carbocycles. The number of rotatable bonds is 6. The van der Waals surface area contributed by atoms with E-state index in [1.807, 2.05) is 18.2 Å². The summed E-state index contributed by atoms with van der Waals surface area (Å²) in [5, 5.41) is 2.70. The van der Waals surface area contributed by atoms with E-state index < -0.39 is 6.03 Å². The van der Waals surface area contributed by atoms with Crippen LogP contribution in [0.4, 0.5) is 4.79 Å². The number of benzene rings is 1. The molecule has 0 radical (unpaired) electrons. The van der Waals surface area contributed by atoms with Gasteiger partial charge < -0.3 is 5.32 Å². The second kappa shape index (κ2) is 9.59. The van der Waals surface area contributed by atoms with Crippen molar-refractivity contribution in [3.05, 3.63) is 51.1 Å². The molecule has 1 aromatic heterocycles. The number of thioether (sulfide) groups is 1. The minimum absolute atomic E-state index is 0.338. The molecule has 1 aromatic carbocycles. The number of urea groups is 1. The Morgan fingerprint density at radius 2 is 1.87 bits per heavy atom. The number of amides is 3. The molecule has 0 fully saturated rings. The summed E-state index contributed by atoms with van der Waals surface area (Å²) in [6, 6.07) is 13.2. The van der Waals surface area contributed by atoms with Crippen LogP contribution in [-0.4, -0.2) is 24.2 Å². The number of hydrogen-bond acceptors (Lipinski definition) is 4. The largest absolute Gasteiger partial charge is 0.337 e. The molecule has 0 aliphatic rings. The molecule has 23 heavy (non-hydrogen) atoms. The number of hydrogen-bond donors (Lipinski definition) is 3. The van der Waals surface area contributed by atoms with Crippen molar-refractivity contribution in [2.45, 2.75) is 11.3 Å². The molecule has 122 valence electrons. The van der Waals surface area contributed by atoms with Crippen LogP contribution < -0.4 is 16.2 Å². The minimum Gasteiger partial charge on any atom is -0.337 e. The first kappa shape index (κ1) is 17.8. The molecule has 0 spiro atoms. The van der Waals surface area contributed by atoms with Crippen LogP contribution in [0.5, 0.6) is 0 Å². The standard InChI is InChI=1S/C15H16BrN3O2S2/c16-13-8-7-12(23-13)14(20)18-19-15(21)17-9-4-10-22-11-5-2-1-3-6-11/h1-3,5-8H,4,9-10H2,(H,18,20)(H2,17,19,21). The van der Waals surface area contributed by atoms with Crippen molar-refractivity contribution in [2.24, 2.45) is 0 Å². The monoisotopic (exact) mass is 413 g/mol. The summed E-state index contributed by atoms with van der Waals surface area (Å²) in [5.41, 5.74) is 4.70. The van der Waals surface area contributed by atoms with Gasteiger partial charge in [-0.15, -0.1) is 23.1 Å². The van der Waals surface area contributed by atoms with Crippen LogP contribution in [0.1, 0.15) is 16.1 Å². The van der Waals surface area contributed by atoms with E-state index in [0.717, 1.165) is 16.0 Å². The van der Waals surface area contributed by atoms with Gasteiger partial charge in [-0.1, -0.05) is 18.2 Å². The van der Waals surface area contributed by atoms with E-state index in [4.69, 9.17) is 0 Å². The zero-order chi connectivity index (χ0) is 16.5. The number of carbonyl (C=O) groups is 2. The fourth-order valence-corrected chi connectivity index (χ4v) is 3.79. The molecular weight excluding hydrogens is 398 g/mol. The summed E-state index contributed by atoms with van der Waals surface area (Å²) >= 11 is 6.33. The first-order valence-electron chi connectivity index (χ1n) is 6.92. The fourth-order valence-electron chi connectivity index (χ4n) is 1.64. The van der Waals surface area contributed by atoms with Gasteiger partial charge in [0.1, 0.15) is 0 Å². The zero-order valence-electron chi connectivity index (χ0n) is 12.2. The summed E-state index contributed by atoms with van der Waals surface area (Å²) < 4.78 is 0.864. The van der Waals surface area contributed by atoms with Crippen LogP contribution in [0, 0.1) is 0 Å². The average molecular weight is 414 g/mol. The predicted octanol–water partition coefficient (Wildman–Crippen LogP) is 3.64. The van der Waals surface area contributed by atoms with E-state index in [-0.39, 0.29) is 5.91 Å². The summed E-state index contributed by atoms with van der Waals surface area (Å²) in [7, 11) is 0. The highest BCUT2D eigenvalue weighted by Gasteiger charge is 2.09. The Balaban J connectivity index is 1.56. The van der Waals surface area contributed by atoms with E-state index in [1.165, 1.54) is 16.2 Å². The molecular formula is C15H16BrN3O2S2. The van der Waals surface area contributed by atoms with Crippen molar-refractivity contribution in [3.8, 4) is 0 Å². The quantitative estimate of drug-likeness (QED) is 0.384. The Bertz CT molecular complexity index is 649. The van der Waals surface area contributed by atoms with E-state index >= 15 is 0 Å². The normalized spacial score (nSPS) is 10.1. The lowest BCUT2D eigenvalue weighted by molar-refractivity contribution is 0.0940. The number of carbonyl (C=O) groups excluding carboxylic acids is 2. The molecule has 0 aliphatic carbocycles. The third kappa shape index (κ3) is 6.64. The Hall–Kier alpha value is -1.51. The lowest BCUT2D eigenvalue weighted by Gasteiger charge is -2.08. The molecule has 8 heteroatoms. The van der Waals surface area contributed by atoms with Crippen LogP contribution in [-0.2, 0) is 0 Å². The summed E-state index contributed by atoms with van der Waals surface area (Å²) in [6.45, 7) is 0.548. The van der Waals surface area contributed by atoms with Crippen molar-refractivity contribution in [2.75, 3.05) is 12.3 Å². The summed E-state index contributed by atoms with van der Waals surface area (Å²) in [6.07, 6.45) is 0.846. The molecule has 0 saturated heterocycles. The van der Waals surface area contributed by atoms with Gasteiger partial charge in [-0.3, -0.25) is 10.2 Å². The lowest BCUT2D eigenvalue weighted by Crippen LogP contribution is -2.47. The summed E-state index contributed by atoms with van der Waals surface area (Å²) in [4.78, 5) is 25.0. The van der Waals surface area contributed by atoms with Crippen molar-refractivity contribution in [3.63, 3.8) is 0 Å². The highest BCUT2D eigenvalue weighted by Crippen LogP contribution is 2.21. The van der Waals surface area contributed by atoms with Crippen molar-refractivity contribution in [1.29, 1.82) is 0 Å². The molecule has 1 heterocycles. The third-order valence-corrected chi connectivity index (χ3v) is 5.43. The number of halogens is 1. The van der Waals surface area contributed by atoms with Crippen molar-refractivity contribution >= 4 is 51.0 Å². The van der Waals surface area contributed by atoms with Gasteiger partial charge >= 0.3 is 6.03 Å². The molecule has 2 rings (SSSR count). The van der Waals surface area contributed by atoms with Crippen LogP contribution >= 0.6 is 39.0 Å². The molecule has 0 aliphatic heterocycles. The van der Waals surface area contributed by atoms with E-state index in [0.29, 0.717) is 11.4 Å². The smallest absolute Gasteiger partial charge is 0.333 e. The molecule has 0 bridgehead atoms. The maximum absolute atomic E-state index is 11.7. The topological polar surface area (TPSA) is 70.2 Å². The van der Waals surface area contributed by atoms with Gasteiger partial charge in [0.15, 0.2) is 0 Å². The molecule has 3 N–H and O–H groups in total. The number of thiophene rings is 1.